The van der Waals surface area contributed by atoms with E-state index in [0.29, 0.717) is 13.0 Å². The predicted molar refractivity (Wildman–Crippen MR) is 284 cm³/mol. The number of ether oxygens (including phenoxy) is 2. The molecule has 0 aromatic rings. The minimum absolute atomic E-state index is 0.0947. The number of phosphoric ester groups is 1. The van der Waals surface area contributed by atoms with Gasteiger partial charge in [-0.1, -0.05) is 247 Å². The van der Waals surface area contributed by atoms with Gasteiger partial charge in [0.15, 0.2) is 0 Å². The molecule has 8 nitrogen and oxygen atoms in total. The fourth-order valence-electron chi connectivity index (χ4n) is 7.65. The van der Waals surface area contributed by atoms with Crippen LogP contribution in [0.25, 0.3) is 0 Å². The molecule has 0 rings (SSSR count). The van der Waals surface area contributed by atoms with Crippen molar-refractivity contribution < 1.29 is 32.8 Å². The zero-order valence-corrected chi connectivity index (χ0v) is 43.8. The Bertz CT molecular complexity index is 1250. The number of phosphoric acid groups is 1. The molecule has 0 heterocycles. The Balaban J connectivity index is 3.96. The molecule has 0 radical (unpaired) electrons. The van der Waals surface area contributed by atoms with Crippen LogP contribution >= 0.6 is 7.82 Å². The second kappa shape index (κ2) is 53.9. The molecule has 2 unspecified atom stereocenters. The normalized spacial score (nSPS) is 13.8. The van der Waals surface area contributed by atoms with E-state index in [4.69, 9.17) is 24.3 Å². The van der Waals surface area contributed by atoms with Crippen LogP contribution in [0.15, 0.2) is 72.9 Å². The third-order valence-corrected chi connectivity index (χ3v) is 12.6. The number of carbonyl (C=O) groups excluding carboxylic acids is 1. The minimum Gasteiger partial charge on any atom is -0.457 e. The Morgan fingerprint density at radius 3 is 1.27 bits per heavy atom. The van der Waals surface area contributed by atoms with Gasteiger partial charge in [-0.15, -0.1) is 0 Å². The Morgan fingerprint density at radius 2 is 0.848 bits per heavy atom. The molecule has 384 valence electrons. The van der Waals surface area contributed by atoms with Gasteiger partial charge >= 0.3 is 13.8 Å². The summed E-state index contributed by atoms with van der Waals surface area (Å²) in [5.41, 5.74) is 5.40. The van der Waals surface area contributed by atoms with Crippen LogP contribution in [0.4, 0.5) is 0 Å². The SMILES string of the molecule is CC/C=C\C/C=C\C/C=C\C/C=C\C/C=C\C/C=C\CCCCCCCOCC(COP(=O)(O)OCCN)OC(=O)CCCCCCCCCCCCCCCCCCCCCCCCC. The van der Waals surface area contributed by atoms with Gasteiger partial charge < -0.3 is 20.1 Å². The summed E-state index contributed by atoms with van der Waals surface area (Å²) >= 11 is 0. The van der Waals surface area contributed by atoms with Crippen LogP contribution in [-0.2, 0) is 27.9 Å². The molecule has 0 bridgehead atoms. The first kappa shape index (κ1) is 63.9. The number of esters is 1. The van der Waals surface area contributed by atoms with Gasteiger partial charge in [0.2, 0.25) is 0 Å². The number of allylic oxidation sites excluding steroid dienone is 12. The summed E-state index contributed by atoms with van der Waals surface area (Å²) in [5.74, 6) is -0.335. The Morgan fingerprint density at radius 1 is 0.470 bits per heavy atom. The lowest BCUT2D eigenvalue weighted by Gasteiger charge is -2.20. The first-order valence-electron chi connectivity index (χ1n) is 27.4. The highest BCUT2D eigenvalue weighted by Gasteiger charge is 2.25. The van der Waals surface area contributed by atoms with Crippen LogP contribution in [0.3, 0.4) is 0 Å². The Hall–Kier alpha value is -2.06. The van der Waals surface area contributed by atoms with Gasteiger partial charge in [0.05, 0.1) is 19.8 Å². The van der Waals surface area contributed by atoms with Crippen molar-refractivity contribution in [1.82, 2.24) is 0 Å². The van der Waals surface area contributed by atoms with Crippen LogP contribution in [0.5, 0.6) is 0 Å². The van der Waals surface area contributed by atoms with Gasteiger partial charge in [-0.25, -0.2) is 4.57 Å². The van der Waals surface area contributed by atoms with Gasteiger partial charge in [0.25, 0.3) is 0 Å². The smallest absolute Gasteiger partial charge is 0.457 e. The molecule has 0 amide bonds. The molecule has 0 fully saturated rings. The predicted octanol–water partition coefficient (Wildman–Crippen LogP) is 17.4. The fraction of sp³-hybridized carbons (Fsp3) is 0.772. The maximum Gasteiger partial charge on any atom is 0.472 e. The third-order valence-electron chi connectivity index (χ3n) is 11.6. The number of hydrogen-bond acceptors (Lipinski definition) is 7. The lowest BCUT2D eigenvalue weighted by molar-refractivity contribution is -0.154. The highest BCUT2D eigenvalue weighted by molar-refractivity contribution is 7.47. The monoisotopic (exact) mass is 946 g/mol. The molecular weight excluding hydrogens is 842 g/mol. The molecule has 3 N–H and O–H groups in total. The van der Waals surface area contributed by atoms with Crippen LogP contribution in [-0.4, -0.2) is 49.9 Å². The average molecular weight is 946 g/mol. The van der Waals surface area contributed by atoms with Crippen LogP contribution in [0.2, 0.25) is 0 Å². The van der Waals surface area contributed by atoms with Crippen molar-refractivity contribution >= 4 is 13.8 Å². The van der Waals surface area contributed by atoms with Gasteiger partial charge in [0, 0.05) is 19.6 Å². The second-order valence-corrected chi connectivity index (χ2v) is 19.5. The van der Waals surface area contributed by atoms with Crippen molar-refractivity contribution in [2.45, 2.75) is 251 Å². The van der Waals surface area contributed by atoms with Crippen molar-refractivity contribution in [3.8, 4) is 0 Å². The number of hydrogen-bond donors (Lipinski definition) is 2. The van der Waals surface area contributed by atoms with E-state index >= 15 is 0 Å². The van der Waals surface area contributed by atoms with Crippen molar-refractivity contribution in [2.75, 3.05) is 33.0 Å². The summed E-state index contributed by atoms with van der Waals surface area (Å²) in [5, 5.41) is 0. The molecule has 0 saturated heterocycles. The quantitative estimate of drug-likeness (QED) is 0.0268. The molecule has 0 aliphatic carbocycles. The zero-order valence-electron chi connectivity index (χ0n) is 42.9. The van der Waals surface area contributed by atoms with Gasteiger partial charge in [0.1, 0.15) is 6.10 Å². The summed E-state index contributed by atoms with van der Waals surface area (Å²) in [6.45, 7) is 4.79. The number of carbonyl (C=O) groups is 1. The second-order valence-electron chi connectivity index (χ2n) is 18.1. The van der Waals surface area contributed by atoms with Crippen molar-refractivity contribution in [3.63, 3.8) is 0 Å². The van der Waals surface area contributed by atoms with Crippen LogP contribution in [0.1, 0.15) is 245 Å². The van der Waals surface area contributed by atoms with Crippen molar-refractivity contribution in [2.24, 2.45) is 5.73 Å². The first-order valence-corrected chi connectivity index (χ1v) is 28.9. The van der Waals surface area contributed by atoms with Crippen LogP contribution in [0, 0.1) is 0 Å². The van der Waals surface area contributed by atoms with Gasteiger partial charge in [-0.2, -0.15) is 0 Å². The van der Waals surface area contributed by atoms with E-state index in [-0.39, 0.29) is 32.3 Å². The molecular formula is C57H104NO7P. The van der Waals surface area contributed by atoms with Gasteiger partial charge in [-0.05, 0) is 64.2 Å². The largest absolute Gasteiger partial charge is 0.472 e. The lowest BCUT2D eigenvalue weighted by Crippen LogP contribution is -2.28. The summed E-state index contributed by atoms with van der Waals surface area (Å²) in [6.07, 6.45) is 69.5. The molecule has 0 aliphatic heterocycles. The molecule has 66 heavy (non-hydrogen) atoms. The average Bonchev–Trinajstić information content (AvgIpc) is 3.31. The van der Waals surface area contributed by atoms with Crippen LogP contribution < -0.4 is 5.73 Å². The summed E-state index contributed by atoms with van der Waals surface area (Å²) in [6, 6.07) is 0. The summed E-state index contributed by atoms with van der Waals surface area (Å²) in [4.78, 5) is 22.6. The number of rotatable bonds is 52. The third kappa shape index (κ3) is 52.9. The van der Waals surface area contributed by atoms with E-state index in [9.17, 15) is 14.3 Å². The molecule has 0 saturated carbocycles. The molecule has 0 aliphatic rings. The first-order chi connectivity index (χ1) is 32.4. The maximum absolute atomic E-state index is 12.7. The zero-order chi connectivity index (χ0) is 48.0. The molecule has 2 atom stereocenters. The highest BCUT2D eigenvalue weighted by Crippen LogP contribution is 2.43. The Kier molecular flexibility index (Phi) is 52.2. The summed E-state index contributed by atoms with van der Waals surface area (Å²) in [7, 11) is -4.29. The molecule has 0 aromatic heterocycles. The summed E-state index contributed by atoms with van der Waals surface area (Å²) < 4.78 is 33.6. The topological polar surface area (TPSA) is 117 Å². The van der Waals surface area contributed by atoms with Crippen molar-refractivity contribution in [1.29, 1.82) is 0 Å². The number of unbranched alkanes of at least 4 members (excludes halogenated alkanes) is 27. The van der Waals surface area contributed by atoms with E-state index in [1.54, 1.807) is 0 Å². The minimum atomic E-state index is -4.29. The standard InChI is InChI=1S/C57H104NO7P/c1-3-5-7-9-11-13-15-17-19-21-23-25-27-29-31-33-35-37-39-41-43-45-47-49-52-62-54-56(55-64-66(60,61)63-53-51-58)65-57(59)50-48-46-44-42-40-38-36-34-32-30-28-26-24-22-20-18-16-14-12-10-8-6-4-2/h5,7,11,13,17,19,23,25,29,31,35,37,56H,3-4,6,8-10,12,14-16,18,20-22,24,26-28,30,32-34,36,38-55,58H2,1-2H3,(H,60,61)/b7-5-,13-11-,19-17-,25-23-,31-29-,37-35-. The van der Waals surface area contributed by atoms with E-state index in [0.717, 1.165) is 83.5 Å². The molecule has 0 aromatic carbocycles. The maximum atomic E-state index is 12.7. The number of nitrogens with two attached hydrogens (primary N) is 1. The highest BCUT2D eigenvalue weighted by atomic mass is 31.2. The van der Waals surface area contributed by atoms with Crippen molar-refractivity contribution in [3.05, 3.63) is 72.9 Å². The lowest BCUT2D eigenvalue weighted by atomic mass is 10.0. The van der Waals surface area contributed by atoms with E-state index in [1.807, 2.05) is 0 Å². The van der Waals surface area contributed by atoms with E-state index in [2.05, 4.69) is 86.8 Å². The van der Waals surface area contributed by atoms with E-state index < -0.39 is 13.9 Å². The van der Waals surface area contributed by atoms with Gasteiger partial charge in [-0.3, -0.25) is 13.8 Å². The molecule has 0 spiro atoms. The Labute approximate surface area is 407 Å². The van der Waals surface area contributed by atoms with E-state index in [1.165, 1.54) is 141 Å². The molecule has 9 heteroatoms. The fourth-order valence-corrected chi connectivity index (χ4v) is 8.41.